The van der Waals surface area contributed by atoms with Gasteiger partial charge in [0.2, 0.25) is 15.9 Å². The van der Waals surface area contributed by atoms with Crippen LogP contribution in [0.25, 0.3) is 0 Å². The van der Waals surface area contributed by atoms with E-state index in [1.807, 2.05) is 0 Å². The van der Waals surface area contributed by atoms with Gasteiger partial charge in [0, 0.05) is 18.3 Å². The van der Waals surface area contributed by atoms with E-state index < -0.39 is 22.0 Å². The van der Waals surface area contributed by atoms with E-state index in [-0.39, 0.29) is 5.91 Å². The maximum absolute atomic E-state index is 12.2. The minimum Gasteiger partial charge on any atom is -0.481 e. The van der Waals surface area contributed by atoms with Crippen LogP contribution in [0.15, 0.2) is 48.5 Å². The van der Waals surface area contributed by atoms with Gasteiger partial charge in [-0.15, -0.1) is 0 Å². The predicted octanol–water partition coefficient (Wildman–Crippen LogP) is 1.59. The van der Waals surface area contributed by atoms with Crippen molar-refractivity contribution in [3.8, 4) is 5.75 Å². The molecule has 0 heterocycles. The molecule has 1 atom stereocenters. The molecular weight excluding hydrogens is 370 g/mol. The molecule has 0 aliphatic heterocycles. The van der Waals surface area contributed by atoms with Gasteiger partial charge in [0.05, 0.1) is 11.9 Å². The molecule has 0 unspecified atom stereocenters. The first-order valence-corrected chi connectivity index (χ1v) is 9.84. The highest BCUT2D eigenvalue weighted by Crippen LogP contribution is 2.21. The van der Waals surface area contributed by atoms with Gasteiger partial charge in [0.1, 0.15) is 5.75 Å². The number of amides is 2. The highest BCUT2D eigenvalue weighted by molar-refractivity contribution is 7.92. The highest BCUT2D eigenvalue weighted by atomic mass is 32.2. The minimum absolute atomic E-state index is 0.344. The number of nitrogens with one attached hydrogen (secondary N) is 1. The van der Waals surface area contributed by atoms with Crippen LogP contribution in [-0.2, 0) is 14.8 Å². The summed E-state index contributed by atoms with van der Waals surface area (Å²) < 4.78 is 29.8. The lowest BCUT2D eigenvalue weighted by Crippen LogP contribution is -2.30. The molecule has 8 nitrogen and oxygen atoms in total. The molecule has 2 aromatic rings. The first kappa shape index (κ1) is 20.2. The number of carbonyl (C=O) groups excluding carboxylic acids is 2. The summed E-state index contributed by atoms with van der Waals surface area (Å²) in [6.45, 7) is 1.59. The molecule has 2 amide bonds. The van der Waals surface area contributed by atoms with Crippen LogP contribution in [0.2, 0.25) is 0 Å². The molecule has 0 aliphatic rings. The molecule has 0 aliphatic carbocycles. The summed E-state index contributed by atoms with van der Waals surface area (Å²) in [4.78, 5) is 23.3. The molecule has 0 radical (unpaired) electrons. The average molecular weight is 391 g/mol. The Labute approximate surface area is 158 Å². The first-order valence-electron chi connectivity index (χ1n) is 7.99. The summed E-state index contributed by atoms with van der Waals surface area (Å²) in [6.07, 6.45) is 0.319. The van der Waals surface area contributed by atoms with Crippen molar-refractivity contribution in [3.63, 3.8) is 0 Å². The van der Waals surface area contributed by atoms with E-state index >= 15 is 0 Å². The van der Waals surface area contributed by atoms with Gasteiger partial charge in [-0.3, -0.25) is 13.9 Å². The van der Waals surface area contributed by atoms with Crippen LogP contribution < -0.4 is 20.1 Å². The molecule has 0 saturated heterocycles. The number of hydrogen-bond donors (Lipinski definition) is 2. The summed E-state index contributed by atoms with van der Waals surface area (Å²) >= 11 is 0. The zero-order valence-electron chi connectivity index (χ0n) is 15.2. The van der Waals surface area contributed by atoms with Crippen LogP contribution in [0.3, 0.4) is 0 Å². The number of carbonyl (C=O) groups is 2. The molecule has 0 fully saturated rings. The molecule has 2 rings (SSSR count). The number of benzene rings is 2. The van der Waals surface area contributed by atoms with Gasteiger partial charge >= 0.3 is 0 Å². The second kappa shape index (κ2) is 8.09. The third-order valence-corrected chi connectivity index (χ3v) is 5.02. The Morgan fingerprint density at radius 1 is 1.07 bits per heavy atom. The second-order valence-corrected chi connectivity index (χ2v) is 7.93. The van der Waals surface area contributed by atoms with Crippen LogP contribution in [-0.4, -0.2) is 39.6 Å². The summed E-state index contributed by atoms with van der Waals surface area (Å²) in [7, 11) is -1.90. The Hall–Kier alpha value is -3.07. The first-order chi connectivity index (χ1) is 12.6. The molecular formula is C18H21N3O5S. The van der Waals surface area contributed by atoms with Gasteiger partial charge in [0.15, 0.2) is 6.10 Å². The number of primary amides is 1. The van der Waals surface area contributed by atoms with Crippen molar-refractivity contribution < 1.29 is 22.7 Å². The van der Waals surface area contributed by atoms with Gasteiger partial charge < -0.3 is 15.8 Å². The Bertz CT molecular complexity index is 924. The maximum atomic E-state index is 12.2. The third kappa shape index (κ3) is 5.45. The van der Waals surface area contributed by atoms with E-state index in [9.17, 15) is 18.0 Å². The molecule has 0 aromatic heterocycles. The van der Waals surface area contributed by atoms with Crippen LogP contribution in [0.5, 0.6) is 5.75 Å². The summed E-state index contributed by atoms with van der Waals surface area (Å²) in [5.41, 5.74) is 6.50. The number of anilines is 2. The van der Waals surface area contributed by atoms with E-state index in [1.165, 1.54) is 19.2 Å². The van der Waals surface area contributed by atoms with Gasteiger partial charge in [-0.25, -0.2) is 8.42 Å². The zero-order chi connectivity index (χ0) is 20.2. The van der Waals surface area contributed by atoms with Crippen molar-refractivity contribution in [1.29, 1.82) is 0 Å². The van der Waals surface area contributed by atoms with Crippen LogP contribution in [0, 0.1) is 0 Å². The van der Waals surface area contributed by atoms with Crippen molar-refractivity contribution in [3.05, 3.63) is 54.1 Å². The SMILES string of the molecule is C[C@@H](Oc1ccc(N(C)S(C)(=O)=O)cc1)C(=O)Nc1ccc(C(N)=O)cc1. The maximum Gasteiger partial charge on any atom is 0.265 e. The smallest absolute Gasteiger partial charge is 0.265 e. The Balaban J connectivity index is 1.98. The molecule has 144 valence electrons. The quantitative estimate of drug-likeness (QED) is 0.743. The lowest BCUT2D eigenvalue weighted by atomic mass is 10.2. The molecule has 0 spiro atoms. The number of rotatable bonds is 7. The minimum atomic E-state index is -3.35. The topological polar surface area (TPSA) is 119 Å². The van der Waals surface area contributed by atoms with Crippen LogP contribution in [0.4, 0.5) is 11.4 Å². The Morgan fingerprint density at radius 2 is 1.63 bits per heavy atom. The largest absolute Gasteiger partial charge is 0.481 e. The lowest BCUT2D eigenvalue weighted by molar-refractivity contribution is -0.122. The fourth-order valence-electron chi connectivity index (χ4n) is 2.15. The van der Waals surface area contributed by atoms with Gasteiger partial charge in [-0.1, -0.05) is 0 Å². The standard InChI is InChI=1S/C18H21N3O5S/c1-12(18(23)20-14-6-4-13(5-7-14)17(19)22)26-16-10-8-15(9-11-16)21(2)27(3,24)25/h4-12H,1-3H3,(H2,19,22)(H,20,23)/t12-/m1/s1. The summed E-state index contributed by atoms with van der Waals surface area (Å²) in [5, 5.41) is 2.67. The average Bonchev–Trinajstić information content (AvgIpc) is 2.61. The molecule has 2 aromatic carbocycles. The monoisotopic (exact) mass is 391 g/mol. The van der Waals surface area contributed by atoms with E-state index in [0.29, 0.717) is 22.7 Å². The van der Waals surface area contributed by atoms with Gasteiger partial charge in [-0.05, 0) is 55.5 Å². The molecule has 27 heavy (non-hydrogen) atoms. The molecule has 3 N–H and O–H groups in total. The van der Waals surface area contributed by atoms with Crippen molar-refractivity contribution in [1.82, 2.24) is 0 Å². The second-order valence-electron chi connectivity index (χ2n) is 5.92. The number of ether oxygens (including phenoxy) is 1. The third-order valence-electron chi connectivity index (χ3n) is 3.82. The van der Waals surface area contributed by atoms with Gasteiger partial charge in [-0.2, -0.15) is 0 Å². The molecule has 0 bridgehead atoms. The normalized spacial score (nSPS) is 12.1. The molecule has 9 heteroatoms. The number of nitrogens with two attached hydrogens (primary N) is 1. The predicted molar refractivity (Wildman–Crippen MR) is 103 cm³/mol. The van der Waals surface area contributed by atoms with E-state index in [2.05, 4.69) is 5.32 Å². The van der Waals surface area contributed by atoms with Crippen molar-refractivity contribution >= 4 is 33.2 Å². The van der Waals surface area contributed by atoms with Crippen LogP contribution >= 0.6 is 0 Å². The lowest BCUT2D eigenvalue weighted by Gasteiger charge is -2.18. The zero-order valence-corrected chi connectivity index (χ0v) is 16.0. The van der Waals surface area contributed by atoms with Crippen LogP contribution in [0.1, 0.15) is 17.3 Å². The summed E-state index contributed by atoms with van der Waals surface area (Å²) in [5.74, 6) is -0.499. The fraction of sp³-hybridized carbons (Fsp3) is 0.222. The van der Waals surface area contributed by atoms with E-state index in [0.717, 1.165) is 10.6 Å². The van der Waals surface area contributed by atoms with Crippen molar-refractivity contribution in [2.45, 2.75) is 13.0 Å². The Kier molecular flexibility index (Phi) is 6.06. The van der Waals surface area contributed by atoms with E-state index in [1.54, 1.807) is 43.3 Å². The highest BCUT2D eigenvalue weighted by Gasteiger charge is 2.16. The number of sulfonamides is 1. The Morgan fingerprint density at radius 3 is 2.11 bits per heavy atom. The number of nitrogens with zero attached hydrogens (tertiary/aromatic N) is 1. The van der Waals surface area contributed by atoms with E-state index in [4.69, 9.17) is 10.5 Å². The van der Waals surface area contributed by atoms with Gasteiger partial charge in [0.25, 0.3) is 5.91 Å². The number of hydrogen-bond acceptors (Lipinski definition) is 5. The fourth-order valence-corrected chi connectivity index (χ4v) is 2.65. The summed E-state index contributed by atoms with van der Waals surface area (Å²) in [6, 6.07) is 12.5. The van der Waals surface area contributed by atoms with Crippen molar-refractivity contribution in [2.75, 3.05) is 22.9 Å². The molecule has 0 saturated carbocycles. The van der Waals surface area contributed by atoms with Crippen molar-refractivity contribution in [2.24, 2.45) is 5.73 Å².